The standard InChI is InChI=1S/C18H17ClFN3/c1-3-11(2)21-18-15-9-6-13(19)10-16(15)22-17(23-18)12-4-7-14(20)8-5-12/h4-11H,3H2,1-2H3,(H,21,22,23)/t11-/m0/s1. The van der Waals surface area contributed by atoms with Crippen LogP contribution in [0.5, 0.6) is 0 Å². The van der Waals surface area contributed by atoms with E-state index in [9.17, 15) is 4.39 Å². The Labute approximate surface area is 139 Å². The Kier molecular flexibility index (Phi) is 4.44. The van der Waals surface area contributed by atoms with Crippen LogP contribution in [0.15, 0.2) is 42.5 Å². The van der Waals surface area contributed by atoms with Crippen molar-refractivity contribution in [3.05, 3.63) is 53.3 Å². The number of aromatic nitrogens is 2. The molecular formula is C18H17ClFN3. The molecule has 0 saturated heterocycles. The van der Waals surface area contributed by atoms with Gasteiger partial charge in [0.1, 0.15) is 11.6 Å². The predicted octanol–water partition coefficient (Wildman–Crippen LogP) is 5.30. The van der Waals surface area contributed by atoms with Crippen LogP contribution in [-0.4, -0.2) is 16.0 Å². The molecule has 0 spiro atoms. The van der Waals surface area contributed by atoms with Crippen molar-refractivity contribution in [3.63, 3.8) is 0 Å². The Bertz CT molecular complexity index is 834. The average molecular weight is 330 g/mol. The van der Waals surface area contributed by atoms with E-state index in [1.165, 1.54) is 12.1 Å². The van der Waals surface area contributed by atoms with Gasteiger partial charge in [-0.2, -0.15) is 0 Å². The first-order valence-corrected chi connectivity index (χ1v) is 7.94. The maximum Gasteiger partial charge on any atom is 0.162 e. The van der Waals surface area contributed by atoms with E-state index in [2.05, 4.69) is 29.1 Å². The van der Waals surface area contributed by atoms with Gasteiger partial charge in [0.15, 0.2) is 5.82 Å². The minimum atomic E-state index is -0.282. The lowest BCUT2D eigenvalue weighted by molar-refractivity contribution is 0.628. The Morgan fingerprint density at radius 1 is 1.13 bits per heavy atom. The van der Waals surface area contributed by atoms with E-state index in [1.54, 1.807) is 12.1 Å². The monoisotopic (exact) mass is 329 g/mol. The van der Waals surface area contributed by atoms with Crippen LogP contribution in [0.2, 0.25) is 5.02 Å². The number of hydrogen-bond acceptors (Lipinski definition) is 3. The molecule has 1 atom stereocenters. The lowest BCUT2D eigenvalue weighted by Crippen LogP contribution is -2.15. The molecule has 0 bridgehead atoms. The third-order valence-electron chi connectivity index (χ3n) is 3.76. The van der Waals surface area contributed by atoms with Crippen molar-refractivity contribution < 1.29 is 4.39 Å². The first-order chi connectivity index (χ1) is 11.1. The number of rotatable bonds is 4. The maximum absolute atomic E-state index is 13.1. The zero-order valence-electron chi connectivity index (χ0n) is 13.0. The number of benzene rings is 2. The van der Waals surface area contributed by atoms with Gasteiger partial charge in [-0.1, -0.05) is 18.5 Å². The molecule has 3 aromatic rings. The second kappa shape index (κ2) is 6.50. The second-order valence-corrected chi connectivity index (χ2v) is 5.95. The molecule has 0 radical (unpaired) electrons. The lowest BCUT2D eigenvalue weighted by atomic mass is 10.1. The van der Waals surface area contributed by atoms with E-state index in [4.69, 9.17) is 11.6 Å². The van der Waals surface area contributed by atoms with Gasteiger partial charge in [0.25, 0.3) is 0 Å². The summed E-state index contributed by atoms with van der Waals surface area (Å²) in [6, 6.07) is 12.0. The van der Waals surface area contributed by atoms with E-state index >= 15 is 0 Å². The zero-order chi connectivity index (χ0) is 16.4. The summed E-state index contributed by atoms with van der Waals surface area (Å²) in [4.78, 5) is 9.20. The Balaban J connectivity index is 2.16. The predicted molar refractivity (Wildman–Crippen MR) is 93.3 cm³/mol. The van der Waals surface area contributed by atoms with Crippen LogP contribution in [0.25, 0.3) is 22.3 Å². The molecule has 2 aromatic carbocycles. The summed E-state index contributed by atoms with van der Waals surface area (Å²) in [5, 5.41) is 4.95. The maximum atomic E-state index is 13.1. The lowest BCUT2D eigenvalue weighted by Gasteiger charge is -2.15. The van der Waals surface area contributed by atoms with Crippen LogP contribution in [0, 0.1) is 5.82 Å². The Morgan fingerprint density at radius 3 is 2.57 bits per heavy atom. The van der Waals surface area contributed by atoms with Crippen LogP contribution in [0.3, 0.4) is 0 Å². The molecule has 0 saturated carbocycles. The van der Waals surface area contributed by atoms with Crippen molar-refractivity contribution in [2.24, 2.45) is 0 Å². The second-order valence-electron chi connectivity index (χ2n) is 5.52. The average Bonchev–Trinajstić information content (AvgIpc) is 2.54. The minimum Gasteiger partial charge on any atom is -0.367 e. The van der Waals surface area contributed by atoms with Gasteiger partial charge in [-0.15, -0.1) is 0 Å². The van der Waals surface area contributed by atoms with Crippen molar-refractivity contribution in [2.75, 3.05) is 5.32 Å². The van der Waals surface area contributed by atoms with Gasteiger partial charge in [0.2, 0.25) is 0 Å². The minimum absolute atomic E-state index is 0.282. The largest absolute Gasteiger partial charge is 0.367 e. The van der Waals surface area contributed by atoms with Gasteiger partial charge in [-0.3, -0.25) is 0 Å². The van der Waals surface area contributed by atoms with Gasteiger partial charge in [0.05, 0.1) is 5.52 Å². The normalized spacial score (nSPS) is 12.3. The van der Waals surface area contributed by atoms with E-state index in [0.717, 1.165) is 28.7 Å². The molecule has 1 N–H and O–H groups in total. The Morgan fingerprint density at radius 2 is 1.87 bits per heavy atom. The van der Waals surface area contributed by atoms with Gasteiger partial charge in [-0.25, -0.2) is 14.4 Å². The molecule has 0 aliphatic heterocycles. The van der Waals surface area contributed by atoms with Gasteiger partial charge in [0, 0.05) is 22.0 Å². The van der Waals surface area contributed by atoms with E-state index < -0.39 is 0 Å². The van der Waals surface area contributed by atoms with Crippen LogP contribution >= 0.6 is 11.6 Å². The number of fused-ring (bicyclic) bond motifs is 1. The summed E-state index contributed by atoms with van der Waals surface area (Å²) < 4.78 is 13.1. The third-order valence-corrected chi connectivity index (χ3v) is 3.99. The molecule has 0 fully saturated rings. The summed E-state index contributed by atoms with van der Waals surface area (Å²) in [6.07, 6.45) is 0.977. The topological polar surface area (TPSA) is 37.8 Å². The van der Waals surface area contributed by atoms with Gasteiger partial charge in [-0.05, 0) is 55.8 Å². The number of nitrogens with one attached hydrogen (secondary N) is 1. The highest BCUT2D eigenvalue weighted by Crippen LogP contribution is 2.27. The van der Waals surface area contributed by atoms with Crippen LogP contribution in [-0.2, 0) is 0 Å². The highest BCUT2D eigenvalue weighted by molar-refractivity contribution is 6.31. The number of anilines is 1. The molecular weight excluding hydrogens is 313 g/mol. The third kappa shape index (κ3) is 3.42. The molecule has 1 aromatic heterocycles. The molecule has 1 heterocycles. The summed E-state index contributed by atoms with van der Waals surface area (Å²) in [6.45, 7) is 4.21. The quantitative estimate of drug-likeness (QED) is 0.705. The van der Waals surface area contributed by atoms with Crippen molar-refractivity contribution in [1.82, 2.24) is 9.97 Å². The first kappa shape index (κ1) is 15.7. The van der Waals surface area contributed by atoms with Crippen molar-refractivity contribution >= 4 is 28.3 Å². The fourth-order valence-corrected chi connectivity index (χ4v) is 2.44. The van der Waals surface area contributed by atoms with Gasteiger partial charge >= 0.3 is 0 Å². The van der Waals surface area contributed by atoms with Crippen LogP contribution in [0.4, 0.5) is 10.2 Å². The molecule has 0 aliphatic rings. The summed E-state index contributed by atoms with van der Waals surface area (Å²) in [5.41, 5.74) is 1.53. The van der Waals surface area contributed by atoms with Crippen LogP contribution in [0.1, 0.15) is 20.3 Å². The fraction of sp³-hybridized carbons (Fsp3) is 0.222. The fourth-order valence-electron chi connectivity index (χ4n) is 2.28. The Hall–Kier alpha value is -2.20. The smallest absolute Gasteiger partial charge is 0.162 e. The summed E-state index contributed by atoms with van der Waals surface area (Å²) in [5.74, 6) is 1.03. The molecule has 0 unspecified atom stereocenters. The molecule has 0 amide bonds. The van der Waals surface area contributed by atoms with E-state index in [1.807, 2.05) is 18.2 Å². The zero-order valence-corrected chi connectivity index (χ0v) is 13.7. The molecule has 5 heteroatoms. The van der Waals surface area contributed by atoms with Crippen molar-refractivity contribution in [2.45, 2.75) is 26.3 Å². The summed E-state index contributed by atoms with van der Waals surface area (Å²) >= 11 is 6.09. The number of hydrogen-bond donors (Lipinski definition) is 1. The van der Waals surface area contributed by atoms with E-state index in [-0.39, 0.29) is 11.9 Å². The van der Waals surface area contributed by atoms with Crippen molar-refractivity contribution in [3.8, 4) is 11.4 Å². The van der Waals surface area contributed by atoms with Crippen LogP contribution < -0.4 is 5.32 Å². The molecule has 3 rings (SSSR count). The molecule has 23 heavy (non-hydrogen) atoms. The number of halogens is 2. The SMILES string of the molecule is CC[C@H](C)Nc1nc(-c2ccc(F)cc2)nc2cc(Cl)ccc12. The summed E-state index contributed by atoms with van der Waals surface area (Å²) in [7, 11) is 0. The van der Waals surface area contributed by atoms with Gasteiger partial charge < -0.3 is 5.32 Å². The van der Waals surface area contributed by atoms with E-state index in [0.29, 0.717) is 10.8 Å². The number of nitrogens with zero attached hydrogens (tertiary/aromatic N) is 2. The first-order valence-electron chi connectivity index (χ1n) is 7.56. The highest BCUT2D eigenvalue weighted by atomic mass is 35.5. The molecule has 3 nitrogen and oxygen atoms in total. The molecule has 0 aliphatic carbocycles. The van der Waals surface area contributed by atoms with Crippen molar-refractivity contribution in [1.29, 1.82) is 0 Å². The highest BCUT2D eigenvalue weighted by Gasteiger charge is 2.11. The molecule has 118 valence electrons.